The highest BCUT2D eigenvalue weighted by molar-refractivity contribution is 8.04. The minimum absolute atomic E-state index is 0.119. The number of ether oxygens (including phenoxy) is 1. The summed E-state index contributed by atoms with van der Waals surface area (Å²) in [6.07, 6.45) is 1.26. The Balaban J connectivity index is 2.01. The van der Waals surface area contributed by atoms with Crippen molar-refractivity contribution in [2.45, 2.75) is 33.7 Å². The van der Waals surface area contributed by atoms with Gasteiger partial charge in [0.25, 0.3) is 0 Å². The Morgan fingerprint density at radius 3 is 2.73 bits per heavy atom. The Morgan fingerprint density at radius 2 is 2.08 bits per heavy atom. The third-order valence-electron chi connectivity index (χ3n) is 4.15. The first kappa shape index (κ1) is 20.0. The van der Waals surface area contributed by atoms with Gasteiger partial charge in [-0.25, -0.2) is 4.79 Å². The van der Waals surface area contributed by atoms with Gasteiger partial charge in [0.15, 0.2) is 0 Å². The molecule has 26 heavy (non-hydrogen) atoms. The Bertz CT molecular complexity index is 745. The molecule has 0 bridgehead atoms. The molecule has 2 rings (SSSR count). The van der Waals surface area contributed by atoms with Gasteiger partial charge in [0, 0.05) is 0 Å². The molecule has 1 heterocycles. The molecule has 1 fully saturated rings. The summed E-state index contributed by atoms with van der Waals surface area (Å²) in [5.74, 6) is -0.773. The highest BCUT2D eigenvalue weighted by Gasteiger charge is 2.29. The first-order chi connectivity index (χ1) is 12.3. The topological polar surface area (TPSA) is 75.7 Å². The van der Waals surface area contributed by atoms with E-state index in [-0.39, 0.29) is 36.8 Å². The Kier molecular flexibility index (Phi) is 6.85. The maximum absolute atomic E-state index is 12.4. The maximum atomic E-state index is 12.4. The predicted octanol–water partition coefficient (Wildman–Crippen LogP) is 2.46. The second kappa shape index (κ2) is 8.89. The molecule has 0 radical (unpaired) electrons. The molecule has 1 N–H and O–H groups in total. The lowest BCUT2D eigenvalue weighted by atomic mass is 10.0. The van der Waals surface area contributed by atoms with Gasteiger partial charge in [-0.05, 0) is 44.4 Å². The second-order valence-electron chi connectivity index (χ2n) is 6.14. The fourth-order valence-corrected chi connectivity index (χ4v) is 3.46. The number of thioether (sulfide) groups is 1. The van der Waals surface area contributed by atoms with Crippen LogP contribution in [0, 0.1) is 13.8 Å². The first-order valence-corrected chi connectivity index (χ1v) is 9.48. The van der Waals surface area contributed by atoms with E-state index in [1.54, 1.807) is 6.92 Å². The number of hydrogen-bond donors (Lipinski definition) is 1. The van der Waals surface area contributed by atoms with Gasteiger partial charge in [-0.1, -0.05) is 30.0 Å². The Hall–Kier alpha value is -2.28. The molecule has 1 unspecified atom stereocenters. The fraction of sp³-hybridized carbons (Fsp3) is 0.421. The fourth-order valence-electron chi connectivity index (χ4n) is 2.53. The first-order valence-electron chi connectivity index (χ1n) is 8.50. The molecule has 1 atom stereocenters. The minimum Gasteiger partial charge on any atom is -0.463 e. The summed E-state index contributed by atoms with van der Waals surface area (Å²) < 4.78 is 4.87. The van der Waals surface area contributed by atoms with E-state index in [0.717, 1.165) is 11.1 Å². The van der Waals surface area contributed by atoms with Crippen LogP contribution in [0.2, 0.25) is 0 Å². The van der Waals surface area contributed by atoms with Crippen LogP contribution in [0.4, 0.5) is 0 Å². The molecule has 140 valence electrons. The summed E-state index contributed by atoms with van der Waals surface area (Å²) in [6.45, 7) is 7.82. The third kappa shape index (κ3) is 5.11. The average Bonchev–Trinajstić information content (AvgIpc) is 2.90. The normalized spacial score (nSPS) is 16.7. The van der Waals surface area contributed by atoms with Crippen molar-refractivity contribution in [2.24, 2.45) is 0 Å². The zero-order valence-corrected chi connectivity index (χ0v) is 16.3. The Labute approximate surface area is 158 Å². The number of aryl methyl sites for hydroxylation is 2. The molecule has 1 aromatic rings. The van der Waals surface area contributed by atoms with Crippen molar-refractivity contribution in [3.05, 3.63) is 46.0 Å². The standard InChI is InChI=1S/C19H24N2O4S/c1-5-25-19(24)9-18-21(17(23)11-26-18)10-16(22)20-14(4)15-7-6-12(2)13(3)8-15/h6-9,14H,5,10-11H2,1-4H3,(H,20,22)/b18-9-. The SMILES string of the molecule is CCOC(=O)/C=C1\SCC(=O)N1CC(=O)NC(C)c1ccc(C)c(C)c1. The largest absolute Gasteiger partial charge is 0.463 e. The molecular weight excluding hydrogens is 352 g/mol. The summed E-state index contributed by atoms with van der Waals surface area (Å²) >= 11 is 1.23. The van der Waals surface area contributed by atoms with Crippen LogP contribution in [0.25, 0.3) is 0 Å². The minimum atomic E-state index is -0.515. The van der Waals surface area contributed by atoms with Gasteiger partial charge in [-0.3, -0.25) is 14.5 Å². The van der Waals surface area contributed by atoms with E-state index in [2.05, 4.69) is 5.32 Å². The molecule has 6 nitrogen and oxygen atoms in total. The lowest BCUT2D eigenvalue weighted by molar-refractivity contribution is -0.137. The van der Waals surface area contributed by atoms with Crippen molar-refractivity contribution in [3.8, 4) is 0 Å². The average molecular weight is 376 g/mol. The molecule has 0 saturated carbocycles. The van der Waals surface area contributed by atoms with E-state index in [1.807, 2.05) is 39.0 Å². The van der Waals surface area contributed by atoms with Crippen LogP contribution in [0.5, 0.6) is 0 Å². The van der Waals surface area contributed by atoms with Crippen molar-refractivity contribution in [2.75, 3.05) is 18.9 Å². The van der Waals surface area contributed by atoms with E-state index in [4.69, 9.17) is 4.74 Å². The highest BCUT2D eigenvalue weighted by atomic mass is 32.2. The lowest BCUT2D eigenvalue weighted by Gasteiger charge is -2.20. The molecule has 1 saturated heterocycles. The van der Waals surface area contributed by atoms with E-state index < -0.39 is 5.97 Å². The number of amides is 2. The highest BCUT2D eigenvalue weighted by Crippen LogP contribution is 2.28. The van der Waals surface area contributed by atoms with Gasteiger partial charge in [0.2, 0.25) is 11.8 Å². The molecule has 1 aliphatic heterocycles. The molecule has 2 amide bonds. The number of carbonyl (C=O) groups excluding carboxylic acids is 3. The second-order valence-corrected chi connectivity index (χ2v) is 7.13. The van der Waals surface area contributed by atoms with Crippen LogP contribution in [0.3, 0.4) is 0 Å². The summed E-state index contributed by atoms with van der Waals surface area (Å²) in [7, 11) is 0. The van der Waals surface area contributed by atoms with Crippen LogP contribution < -0.4 is 5.32 Å². The number of esters is 1. The van der Waals surface area contributed by atoms with Gasteiger partial charge >= 0.3 is 5.97 Å². The summed E-state index contributed by atoms with van der Waals surface area (Å²) in [4.78, 5) is 37.3. The number of nitrogens with zero attached hydrogens (tertiary/aromatic N) is 1. The number of hydrogen-bond acceptors (Lipinski definition) is 5. The summed E-state index contributed by atoms with van der Waals surface area (Å²) in [6, 6.07) is 5.87. The Morgan fingerprint density at radius 1 is 1.35 bits per heavy atom. The van der Waals surface area contributed by atoms with Crippen LogP contribution in [0.15, 0.2) is 29.3 Å². The number of rotatable bonds is 6. The van der Waals surface area contributed by atoms with E-state index in [0.29, 0.717) is 5.03 Å². The van der Waals surface area contributed by atoms with Gasteiger partial charge in [-0.2, -0.15) is 0 Å². The van der Waals surface area contributed by atoms with Gasteiger partial charge in [0.05, 0.1) is 29.5 Å². The molecule has 0 aromatic heterocycles. The van der Waals surface area contributed by atoms with Gasteiger partial charge < -0.3 is 10.1 Å². The third-order valence-corrected chi connectivity index (χ3v) is 5.17. The van der Waals surface area contributed by atoms with Crippen LogP contribution in [-0.2, 0) is 19.1 Å². The van der Waals surface area contributed by atoms with E-state index in [9.17, 15) is 14.4 Å². The quantitative estimate of drug-likeness (QED) is 0.610. The summed E-state index contributed by atoms with van der Waals surface area (Å²) in [5, 5.41) is 3.35. The van der Waals surface area contributed by atoms with Crippen LogP contribution in [0.1, 0.15) is 36.6 Å². The van der Waals surface area contributed by atoms with Crippen molar-refractivity contribution in [3.63, 3.8) is 0 Å². The number of benzene rings is 1. The summed E-state index contributed by atoms with van der Waals surface area (Å²) in [5.41, 5.74) is 3.36. The van der Waals surface area contributed by atoms with Crippen LogP contribution in [-0.4, -0.2) is 41.6 Å². The molecule has 7 heteroatoms. The molecule has 1 aromatic carbocycles. The zero-order valence-electron chi connectivity index (χ0n) is 15.5. The van der Waals surface area contributed by atoms with Gasteiger partial charge in [0.1, 0.15) is 6.54 Å². The molecule has 0 spiro atoms. The van der Waals surface area contributed by atoms with E-state index in [1.165, 1.54) is 28.3 Å². The lowest BCUT2D eigenvalue weighted by Crippen LogP contribution is -2.38. The molecule has 1 aliphatic rings. The predicted molar refractivity (Wildman–Crippen MR) is 101 cm³/mol. The molecular formula is C19H24N2O4S. The smallest absolute Gasteiger partial charge is 0.333 e. The van der Waals surface area contributed by atoms with Crippen molar-refractivity contribution in [1.29, 1.82) is 0 Å². The van der Waals surface area contributed by atoms with Crippen molar-refractivity contribution >= 4 is 29.5 Å². The monoisotopic (exact) mass is 376 g/mol. The number of nitrogens with one attached hydrogen (secondary N) is 1. The molecule has 0 aliphatic carbocycles. The van der Waals surface area contributed by atoms with Crippen molar-refractivity contribution < 1.29 is 19.1 Å². The van der Waals surface area contributed by atoms with Crippen LogP contribution >= 0.6 is 11.8 Å². The van der Waals surface area contributed by atoms with Gasteiger partial charge in [-0.15, -0.1) is 0 Å². The van der Waals surface area contributed by atoms with Crippen molar-refractivity contribution in [1.82, 2.24) is 10.2 Å². The van der Waals surface area contributed by atoms with E-state index >= 15 is 0 Å². The number of carbonyl (C=O) groups is 3. The zero-order chi connectivity index (χ0) is 19.3. The maximum Gasteiger partial charge on any atom is 0.333 e.